The first-order valence-corrected chi connectivity index (χ1v) is 29.0. The van der Waals surface area contributed by atoms with E-state index < -0.39 is 136 Å². The first-order valence-electron chi connectivity index (χ1n) is 28.2. The van der Waals surface area contributed by atoms with Crippen LogP contribution in [0, 0.1) is 0 Å². The Balaban J connectivity index is 1.07. The van der Waals surface area contributed by atoms with E-state index in [0.717, 1.165) is 42.5 Å². The Kier molecular flexibility index (Phi) is 16.1. The molecule has 1 saturated heterocycles. The van der Waals surface area contributed by atoms with Crippen LogP contribution < -0.4 is 51.8 Å². The molecule has 0 spiro atoms. The Morgan fingerprint density at radius 1 is 0.516 bits per heavy atom. The van der Waals surface area contributed by atoms with Crippen LogP contribution in [0.15, 0.2) is 115 Å². The highest BCUT2D eigenvalue weighted by molar-refractivity contribution is 6.32. The fourth-order valence-corrected chi connectivity index (χ4v) is 11.9. The lowest BCUT2D eigenvalue weighted by Gasteiger charge is -2.36. The maximum absolute atomic E-state index is 15.9. The van der Waals surface area contributed by atoms with Crippen LogP contribution in [-0.2, 0) is 40.0 Å². The minimum Gasteiger partial charge on any atom is -0.508 e. The van der Waals surface area contributed by atoms with Gasteiger partial charge in [-0.25, -0.2) is 0 Å². The summed E-state index contributed by atoms with van der Waals surface area (Å²) in [6.45, 7) is 1.15. The van der Waals surface area contributed by atoms with Gasteiger partial charge in [-0.1, -0.05) is 47.5 Å². The number of amides is 7. The minimum atomic E-state index is -2.15. The number of fused-ring (bicyclic) bond motifs is 14. The number of phenolic OH excluding ortho intramolecular Hbond substituents is 6. The molecule has 0 aromatic heterocycles. The van der Waals surface area contributed by atoms with Crippen LogP contribution >= 0.6 is 23.2 Å². The van der Waals surface area contributed by atoms with Crippen molar-refractivity contribution in [2.24, 2.45) is 5.73 Å². The molecular formula is C63H55Cl2N9O17. The average molecular weight is 1280 g/mol. The lowest BCUT2D eigenvalue weighted by molar-refractivity contribution is -0.140. The number of benzene rings is 7. The van der Waals surface area contributed by atoms with E-state index in [1.807, 2.05) is 11.9 Å². The molecule has 0 saturated carbocycles. The lowest BCUT2D eigenvalue weighted by Crippen LogP contribution is -2.56. The third-order valence-corrected chi connectivity index (χ3v) is 16.9. The summed E-state index contributed by atoms with van der Waals surface area (Å²) in [4.78, 5) is 109. The predicted octanol–water partition coefficient (Wildman–Crippen LogP) is 4.67. The van der Waals surface area contributed by atoms with Crippen LogP contribution in [-0.4, -0.2) is 132 Å². The number of carbonyl (C=O) groups is 7. The summed E-state index contributed by atoms with van der Waals surface area (Å²) in [6.07, 6.45) is -2.40. The molecule has 0 unspecified atom stereocenters. The summed E-state index contributed by atoms with van der Waals surface area (Å²) in [5, 5.41) is 96.7. The summed E-state index contributed by atoms with van der Waals surface area (Å²) in [5.74, 6) is -13.1. The average Bonchev–Trinajstić information content (AvgIpc) is 0.810. The van der Waals surface area contributed by atoms with Gasteiger partial charge in [-0.15, -0.1) is 0 Å². The molecule has 91 heavy (non-hydrogen) atoms. The van der Waals surface area contributed by atoms with Gasteiger partial charge in [0.2, 0.25) is 47.1 Å². The number of phenols is 6. The fraction of sp³-hybridized carbons (Fsp3) is 0.222. The van der Waals surface area contributed by atoms with Gasteiger partial charge in [-0.05, 0) is 125 Å². The molecular weight excluding hydrogens is 1230 g/mol. The van der Waals surface area contributed by atoms with E-state index in [2.05, 4.69) is 31.9 Å². The molecule has 28 heteroatoms. The number of halogens is 2. The normalized spacial score (nSPS) is 22.6. The van der Waals surface area contributed by atoms with Crippen LogP contribution in [0.3, 0.4) is 0 Å². The van der Waals surface area contributed by atoms with Crippen molar-refractivity contribution >= 4 is 64.6 Å². The first-order chi connectivity index (χ1) is 43.4. The van der Waals surface area contributed by atoms with E-state index in [1.165, 1.54) is 77.7 Å². The van der Waals surface area contributed by atoms with Gasteiger partial charge in [-0.2, -0.15) is 0 Å². The van der Waals surface area contributed by atoms with Gasteiger partial charge in [0.25, 0.3) is 0 Å². The highest BCUT2D eigenvalue weighted by Crippen LogP contribution is 2.48. The summed E-state index contributed by atoms with van der Waals surface area (Å²) in [5.41, 5.74) is 5.17. The predicted molar refractivity (Wildman–Crippen MR) is 321 cm³/mol. The molecule has 15 N–H and O–H groups in total. The molecule has 0 aliphatic carbocycles. The van der Waals surface area contributed by atoms with Crippen molar-refractivity contribution in [3.05, 3.63) is 164 Å². The van der Waals surface area contributed by atoms with E-state index in [0.29, 0.717) is 18.7 Å². The Labute approximate surface area is 525 Å². The third-order valence-electron chi connectivity index (χ3n) is 16.3. The molecule has 468 valence electrons. The van der Waals surface area contributed by atoms with E-state index in [1.54, 1.807) is 0 Å². The van der Waals surface area contributed by atoms with Gasteiger partial charge < -0.3 is 97.4 Å². The van der Waals surface area contributed by atoms with Crippen molar-refractivity contribution in [1.82, 2.24) is 41.7 Å². The van der Waals surface area contributed by atoms with Crippen molar-refractivity contribution in [1.29, 1.82) is 0 Å². The number of piperazine rings is 1. The van der Waals surface area contributed by atoms with Gasteiger partial charge in [0, 0.05) is 55.9 Å². The van der Waals surface area contributed by atoms with Crippen LogP contribution in [0.25, 0.3) is 11.1 Å². The van der Waals surface area contributed by atoms with Crippen molar-refractivity contribution in [2.75, 3.05) is 33.2 Å². The zero-order chi connectivity index (χ0) is 64.4. The van der Waals surface area contributed by atoms with E-state index >= 15 is 19.2 Å². The van der Waals surface area contributed by atoms with E-state index in [4.69, 9.17) is 43.1 Å². The van der Waals surface area contributed by atoms with E-state index in [9.17, 15) is 50.1 Å². The zero-order valence-corrected chi connectivity index (χ0v) is 49.1. The van der Waals surface area contributed by atoms with Crippen LogP contribution in [0.2, 0.25) is 10.0 Å². The zero-order valence-electron chi connectivity index (χ0n) is 47.6. The third kappa shape index (κ3) is 12.0. The Hall–Kier alpha value is -10.5. The number of likely N-dealkylation sites (N-methyl/N-ethyl adjacent to an activating group) is 1. The second-order valence-corrected chi connectivity index (χ2v) is 23.2. The molecule has 14 rings (SSSR count). The van der Waals surface area contributed by atoms with Gasteiger partial charge in [0.15, 0.2) is 23.0 Å². The molecule has 7 amide bonds. The Bertz CT molecular complexity index is 4220. The Morgan fingerprint density at radius 3 is 1.78 bits per heavy atom. The number of aromatic hydroxyl groups is 6. The largest absolute Gasteiger partial charge is 0.508 e. The lowest BCUT2D eigenvalue weighted by atomic mass is 9.89. The molecule has 1 fully saturated rings. The molecule has 7 heterocycles. The van der Waals surface area contributed by atoms with Crippen molar-refractivity contribution in [3.8, 4) is 80.1 Å². The molecule has 7 aliphatic rings. The number of nitrogens with one attached hydrogen (secondary N) is 6. The van der Waals surface area contributed by atoms with E-state index in [-0.39, 0.29) is 97.1 Å². The SMILES string of the molecule is CN1CCN(C(=O)[C@H]2NC(=O)[C@H]3NC(=O)[C@H](NC(=O)[C@@H]4NC(=O)[C@H]5NC(=O)[C@@H](Cc6ccc(c(Cl)c6)Oc6cc4cc(c6O)Oc4ccc(cc4Cl)[C@H]3O)NC(=O)[C@H](N)c3ccc(O)c(c3)Oc3cc(O)cc5c3)c3ccc(O)c(c3)-c3c(O)cc(O)cc32)CC1. The van der Waals surface area contributed by atoms with Crippen LogP contribution in [0.5, 0.6) is 69.0 Å². The standard InChI is InChI=1S/C63H55Cl2N9O17/c1-73-10-12-74(13-11-73)63(88)53-36-24-33(76)25-42(79)48(36)35-18-28(4-6-40(35)77)50-59(84)72-54(62(87)71-53)55(80)29-5-9-44(38(65)19-29)91-47-22-31-21-46(56(47)81)90-43-8-2-26(14-37(43)64)15-39-57(82)68-51(60(85)70-52(31)61(86)69-50)30-16-32(75)23-34(17-30)89-45-20-27(3-7-41(45)78)49(66)58(83)67-39/h2-9,14,16-25,39,49-55,75-81H,10-13,15,66H2,1H3,(H,67,83)(H,68,82)(H,69,86)(H,70,85)(H,71,87)(H,72,84)/t39-,49-,50-,51+,52-,53+,54+,55-/m1/s1. The monoisotopic (exact) mass is 1280 g/mol. The summed E-state index contributed by atoms with van der Waals surface area (Å²) in [7, 11) is 1.84. The molecule has 7 aromatic rings. The smallest absolute Gasteiger partial charge is 0.249 e. The molecule has 8 atom stereocenters. The number of nitrogens with two attached hydrogens (primary N) is 1. The molecule has 17 bridgehead atoms. The quantitative estimate of drug-likeness (QED) is 0.106. The molecule has 26 nitrogen and oxygen atoms in total. The summed E-state index contributed by atoms with van der Waals surface area (Å²) >= 11 is 13.8. The number of carbonyl (C=O) groups excluding carboxylic acids is 7. The number of aliphatic hydroxyl groups excluding tert-OH is 1. The molecule has 0 radical (unpaired) electrons. The second kappa shape index (κ2) is 24.1. The number of ether oxygens (including phenoxy) is 3. The van der Waals surface area contributed by atoms with Crippen molar-refractivity contribution in [2.45, 2.75) is 54.8 Å². The highest BCUT2D eigenvalue weighted by Gasteiger charge is 2.42. The number of nitrogens with zero attached hydrogens (tertiary/aromatic N) is 2. The second-order valence-electron chi connectivity index (χ2n) is 22.4. The first kappa shape index (κ1) is 60.8. The topological polar surface area (TPSA) is 393 Å². The number of hydrogen-bond acceptors (Lipinski definition) is 19. The molecule has 7 aliphatic heterocycles. The van der Waals surface area contributed by atoms with Gasteiger partial charge in [-0.3, -0.25) is 33.6 Å². The number of rotatable bonds is 1. The Morgan fingerprint density at radius 2 is 1.10 bits per heavy atom. The van der Waals surface area contributed by atoms with Crippen LogP contribution in [0.1, 0.15) is 75.3 Å². The van der Waals surface area contributed by atoms with Gasteiger partial charge >= 0.3 is 0 Å². The fourth-order valence-electron chi connectivity index (χ4n) is 11.4. The summed E-state index contributed by atoms with van der Waals surface area (Å²) < 4.78 is 18.6. The van der Waals surface area contributed by atoms with Gasteiger partial charge in [0.1, 0.15) is 88.6 Å². The maximum Gasteiger partial charge on any atom is 0.249 e. The van der Waals surface area contributed by atoms with Crippen molar-refractivity contribution < 1.29 is 83.5 Å². The van der Waals surface area contributed by atoms with Gasteiger partial charge in [0.05, 0.1) is 10.0 Å². The van der Waals surface area contributed by atoms with Crippen molar-refractivity contribution in [3.63, 3.8) is 0 Å². The van der Waals surface area contributed by atoms with Crippen LogP contribution in [0.4, 0.5) is 0 Å². The summed E-state index contributed by atoms with van der Waals surface area (Å²) in [6, 6.07) is 9.66. The minimum absolute atomic E-state index is 0.115. The molecule has 7 aromatic carbocycles. The number of aliphatic hydroxyl groups is 1. The maximum atomic E-state index is 15.9. The number of hydrogen-bond donors (Lipinski definition) is 14. The highest BCUT2D eigenvalue weighted by atomic mass is 35.5.